The van der Waals surface area contributed by atoms with Crippen LogP contribution in [0.5, 0.6) is 0 Å². The Morgan fingerprint density at radius 2 is 2.31 bits per heavy atom. The first-order chi connectivity index (χ1) is 7.77. The number of ether oxygens (including phenoxy) is 1. The summed E-state index contributed by atoms with van der Waals surface area (Å²) in [4.78, 5) is 0. The molecule has 16 heavy (non-hydrogen) atoms. The molecule has 4 heteroatoms. The van der Waals surface area contributed by atoms with E-state index in [2.05, 4.69) is 30.5 Å². The fourth-order valence-corrected chi connectivity index (χ4v) is 1.64. The van der Waals surface area contributed by atoms with Gasteiger partial charge in [-0.25, -0.2) is 0 Å². The van der Waals surface area contributed by atoms with E-state index in [9.17, 15) is 0 Å². The molecule has 0 aliphatic heterocycles. The van der Waals surface area contributed by atoms with Gasteiger partial charge in [-0.05, 0) is 26.3 Å². The van der Waals surface area contributed by atoms with E-state index in [1.807, 2.05) is 4.68 Å². The number of aryl methyl sites for hydroxylation is 2. The molecule has 0 amide bonds. The normalized spacial score (nSPS) is 10.9. The molecule has 0 saturated heterocycles. The second-order valence-corrected chi connectivity index (χ2v) is 4.03. The Morgan fingerprint density at radius 1 is 1.50 bits per heavy atom. The average molecular weight is 225 g/mol. The van der Waals surface area contributed by atoms with E-state index in [0.717, 1.165) is 44.8 Å². The highest BCUT2D eigenvalue weighted by Crippen LogP contribution is 2.05. The standard InChI is InChI=1S/C12H23N3O/c1-4-7-15-10-12(11(2)14-15)9-13-6-5-8-16-3/h10,13H,4-9H2,1-3H3. The minimum atomic E-state index is 0.821. The lowest BCUT2D eigenvalue weighted by molar-refractivity contribution is 0.194. The van der Waals surface area contributed by atoms with Crippen molar-refractivity contribution in [2.24, 2.45) is 0 Å². The van der Waals surface area contributed by atoms with Crippen molar-refractivity contribution in [1.82, 2.24) is 15.1 Å². The number of hydrogen-bond acceptors (Lipinski definition) is 3. The third-order valence-corrected chi connectivity index (χ3v) is 2.52. The smallest absolute Gasteiger partial charge is 0.0638 e. The van der Waals surface area contributed by atoms with E-state index in [1.54, 1.807) is 7.11 Å². The summed E-state index contributed by atoms with van der Waals surface area (Å²) < 4.78 is 7.03. The van der Waals surface area contributed by atoms with Crippen LogP contribution in [0.3, 0.4) is 0 Å². The van der Waals surface area contributed by atoms with E-state index in [1.165, 1.54) is 5.56 Å². The van der Waals surface area contributed by atoms with Crippen LogP contribution >= 0.6 is 0 Å². The van der Waals surface area contributed by atoms with Gasteiger partial charge in [-0.3, -0.25) is 4.68 Å². The lowest BCUT2D eigenvalue weighted by atomic mass is 10.2. The summed E-state index contributed by atoms with van der Waals surface area (Å²) in [5.41, 5.74) is 2.43. The number of rotatable bonds is 8. The first kappa shape index (κ1) is 13.2. The molecule has 0 aliphatic carbocycles. The van der Waals surface area contributed by atoms with Gasteiger partial charge in [0, 0.05) is 38.6 Å². The van der Waals surface area contributed by atoms with Crippen LogP contribution in [0.4, 0.5) is 0 Å². The zero-order valence-corrected chi connectivity index (χ0v) is 10.6. The van der Waals surface area contributed by atoms with Crippen LogP contribution in [0.25, 0.3) is 0 Å². The second-order valence-electron chi connectivity index (χ2n) is 4.03. The van der Waals surface area contributed by atoms with E-state index in [4.69, 9.17) is 4.74 Å². The van der Waals surface area contributed by atoms with Crippen molar-refractivity contribution in [2.75, 3.05) is 20.3 Å². The van der Waals surface area contributed by atoms with Gasteiger partial charge in [0.2, 0.25) is 0 Å². The van der Waals surface area contributed by atoms with Crippen LogP contribution in [0.1, 0.15) is 31.0 Å². The first-order valence-electron chi connectivity index (χ1n) is 6.00. The van der Waals surface area contributed by atoms with Gasteiger partial charge in [-0.2, -0.15) is 5.10 Å². The summed E-state index contributed by atoms with van der Waals surface area (Å²) in [6.07, 6.45) is 4.32. The molecule has 0 aliphatic rings. The molecule has 92 valence electrons. The van der Waals surface area contributed by atoms with Crippen LogP contribution in [0, 0.1) is 6.92 Å². The van der Waals surface area contributed by atoms with Crippen molar-refractivity contribution in [3.8, 4) is 0 Å². The maximum atomic E-state index is 5.00. The van der Waals surface area contributed by atoms with E-state index < -0.39 is 0 Å². The van der Waals surface area contributed by atoms with Crippen LogP contribution < -0.4 is 5.32 Å². The summed E-state index contributed by atoms with van der Waals surface area (Å²) in [7, 11) is 1.74. The number of nitrogens with zero attached hydrogens (tertiary/aromatic N) is 2. The largest absolute Gasteiger partial charge is 0.385 e. The Labute approximate surface area is 98.0 Å². The number of nitrogens with one attached hydrogen (secondary N) is 1. The Kier molecular flexibility index (Phi) is 6.11. The zero-order chi connectivity index (χ0) is 11.8. The predicted molar refractivity (Wildman–Crippen MR) is 65.5 cm³/mol. The highest BCUT2D eigenvalue weighted by molar-refractivity contribution is 5.14. The van der Waals surface area contributed by atoms with Gasteiger partial charge >= 0.3 is 0 Å². The van der Waals surface area contributed by atoms with Gasteiger partial charge in [-0.15, -0.1) is 0 Å². The average Bonchev–Trinajstić information content (AvgIpc) is 2.60. The van der Waals surface area contributed by atoms with Crippen molar-refractivity contribution in [2.45, 2.75) is 39.8 Å². The fraction of sp³-hybridized carbons (Fsp3) is 0.750. The van der Waals surface area contributed by atoms with E-state index in [-0.39, 0.29) is 0 Å². The molecule has 0 aromatic carbocycles. The molecule has 0 fully saturated rings. The van der Waals surface area contributed by atoms with E-state index in [0.29, 0.717) is 0 Å². The monoisotopic (exact) mass is 225 g/mol. The molecule has 1 heterocycles. The predicted octanol–water partition coefficient (Wildman–Crippen LogP) is 1.73. The SMILES string of the molecule is CCCn1cc(CNCCCOC)c(C)n1. The van der Waals surface area contributed by atoms with Gasteiger partial charge in [0.05, 0.1) is 5.69 Å². The maximum Gasteiger partial charge on any atom is 0.0638 e. The van der Waals surface area contributed by atoms with E-state index >= 15 is 0 Å². The van der Waals surface area contributed by atoms with Gasteiger partial charge in [0.25, 0.3) is 0 Å². The topological polar surface area (TPSA) is 39.1 Å². The molecular formula is C12H23N3O. The molecule has 0 radical (unpaired) electrons. The molecule has 0 bridgehead atoms. The molecule has 1 rings (SSSR count). The Bertz CT molecular complexity index is 296. The molecular weight excluding hydrogens is 202 g/mol. The number of hydrogen-bond donors (Lipinski definition) is 1. The highest BCUT2D eigenvalue weighted by atomic mass is 16.5. The van der Waals surface area contributed by atoms with Crippen LogP contribution in [0.15, 0.2) is 6.20 Å². The first-order valence-corrected chi connectivity index (χ1v) is 6.00. The van der Waals surface area contributed by atoms with Crippen molar-refractivity contribution in [3.05, 3.63) is 17.5 Å². The maximum absolute atomic E-state index is 5.00. The van der Waals surface area contributed by atoms with Gasteiger partial charge in [0.15, 0.2) is 0 Å². The molecule has 1 aromatic heterocycles. The van der Waals surface area contributed by atoms with Crippen molar-refractivity contribution < 1.29 is 4.74 Å². The molecule has 0 spiro atoms. The lowest BCUT2D eigenvalue weighted by Gasteiger charge is -2.02. The highest BCUT2D eigenvalue weighted by Gasteiger charge is 2.03. The van der Waals surface area contributed by atoms with Crippen molar-refractivity contribution >= 4 is 0 Å². The molecule has 0 unspecified atom stereocenters. The summed E-state index contributed by atoms with van der Waals surface area (Å²) in [6.45, 7) is 7.95. The van der Waals surface area contributed by atoms with Crippen LogP contribution in [-0.4, -0.2) is 30.0 Å². The van der Waals surface area contributed by atoms with Gasteiger partial charge in [-0.1, -0.05) is 6.92 Å². The summed E-state index contributed by atoms with van der Waals surface area (Å²) in [5.74, 6) is 0. The molecule has 0 atom stereocenters. The third-order valence-electron chi connectivity index (χ3n) is 2.52. The Morgan fingerprint density at radius 3 is 3.00 bits per heavy atom. The minimum absolute atomic E-state index is 0.821. The van der Waals surface area contributed by atoms with Crippen molar-refractivity contribution in [1.29, 1.82) is 0 Å². The number of methoxy groups -OCH3 is 1. The zero-order valence-electron chi connectivity index (χ0n) is 10.6. The molecule has 0 saturated carbocycles. The van der Waals surface area contributed by atoms with Crippen LogP contribution in [-0.2, 0) is 17.8 Å². The summed E-state index contributed by atoms with van der Waals surface area (Å²) in [5, 5.41) is 7.87. The van der Waals surface area contributed by atoms with Gasteiger partial charge < -0.3 is 10.1 Å². The third kappa shape index (κ3) is 4.33. The van der Waals surface area contributed by atoms with Crippen LogP contribution in [0.2, 0.25) is 0 Å². The fourth-order valence-electron chi connectivity index (χ4n) is 1.64. The Hall–Kier alpha value is -0.870. The second kappa shape index (κ2) is 7.41. The minimum Gasteiger partial charge on any atom is -0.385 e. The molecule has 1 N–H and O–H groups in total. The summed E-state index contributed by atoms with van der Waals surface area (Å²) >= 11 is 0. The lowest BCUT2D eigenvalue weighted by Crippen LogP contribution is -2.16. The summed E-state index contributed by atoms with van der Waals surface area (Å²) in [6, 6.07) is 0. The molecule has 4 nitrogen and oxygen atoms in total. The van der Waals surface area contributed by atoms with Gasteiger partial charge in [0.1, 0.15) is 0 Å². The molecule has 1 aromatic rings. The number of aromatic nitrogens is 2. The Balaban J connectivity index is 2.30. The quantitative estimate of drug-likeness (QED) is 0.685. The van der Waals surface area contributed by atoms with Crippen molar-refractivity contribution in [3.63, 3.8) is 0 Å².